The number of ether oxygens (including phenoxy) is 1. The molecule has 2 rings (SSSR count). The second-order valence-electron chi connectivity index (χ2n) is 5.07. The average Bonchev–Trinajstić information content (AvgIpc) is 2.54. The third kappa shape index (κ3) is 4.22. The molecule has 0 amide bonds. The maximum absolute atomic E-state index is 11.5. The summed E-state index contributed by atoms with van der Waals surface area (Å²) in [6, 6.07) is 11.8. The van der Waals surface area contributed by atoms with E-state index in [1.54, 1.807) is 19.1 Å². The Kier molecular flexibility index (Phi) is 5.36. The van der Waals surface area contributed by atoms with Crippen LogP contribution in [0.5, 0.6) is 0 Å². The first-order valence-electron chi connectivity index (χ1n) is 7.23. The largest absolute Gasteiger partial charge is 0.462 e. The molecule has 0 saturated carbocycles. The Morgan fingerprint density at radius 3 is 2.45 bits per heavy atom. The first-order chi connectivity index (χ1) is 10.6. The monoisotopic (exact) mass is 299 g/mol. The van der Waals surface area contributed by atoms with Crippen molar-refractivity contribution in [3.05, 3.63) is 53.7 Å². The van der Waals surface area contributed by atoms with Crippen molar-refractivity contribution >= 4 is 17.5 Å². The maximum Gasteiger partial charge on any atom is 0.339 e. The highest BCUT2D eigenvalue weighted by Gasteiger charge is 2.06. The summed E-state index contributed by atoms with van der Waals surface area (Å²) in [7, 11) is 4.03. The van der Waals surface area contributed by atoms with Gasteiger partial charge in [-0.1, -0.05) is 12.1 Å². The van der Waals surface area contributed by atoms with Crippen molar-refractivity contribution in [3.63, 3.8) is 0 Å². The van der Waals surface area contributed by atoms with Gasteiger partial charge in [-0.05, 0) is 36.8 Å². The van der Waals surface area contributed by atoms with Crippen molar-refractivity contribution in [3.8, 4) is 0 Å². The van der Waals surface area contributed by atoms with E-state index in [4.69, 9.17) is 4.74 Å². The fourth-order valence-electron chi connectivity index (χ4n) is 1.94. The highest BCUT2D eigenvalue weighted by atomic mass is 16.5. The number of pyridine rings is 1. The molecule has 0 fully saturated rings. The Labute approximate surface area is 130 Å². The van der Waals surface area contributed by atoms with Crippen molar-refractivity contribution in [1.82, 2.24) is 4.98 Å². The minimum atomic E-state index is -0.346. The van der Waals surface area contributed by atoms with E-state index in [-0.39, 0.29) is 5.97 Å². The van der Waals surface area contributed by atoms with Gasteiger partial charge in [-0.15, -0.1) is 0 Å². The van der Waals surface area contributed by atoms with Crippen molar-refractivity contribution < 1.29 is 9.53 Å². The molecule has 1 aromatic heterocycles. The summed E-state index contributed by atoms with van der Waals surface area (Å²) in [5.74, 6) is 0.380. The van der Waals surface area contributed by atoms with Crippen molar-refractivity contribution in [2.45, 2.75) is 13.5 Å². The first kappa shape index (κ1) is 15.8. The number of hydrogen-bond acceptors (Lipinski definition) is 5. The fraction of sp³-hybridized carbons (Fsp3) is 0.294. The molecular weight excluding hydrogens is 278 g/mol. The molecule has 1 heterocycles. The highest BCUT2D eigenvalue weighted by Crippen LogP contribution is 2.13. The Balaban J connectivity index is 1.92. The summed E-state index contributed by atoms with van der Waals surface area (Å²) >= 11 is 0. The lowest BCUT2D eigenvalue weighted by atomic mass is 10.2. The predicted octanol–water partition coefficient (Wildman–Crippen LogP) is 2.94. The average molecular weight is 299 g/mol. The number of esters is 1. The number of carbonyl (C=O) groups excluding carboxylic acids is 1. The van der Waals surface area contributed by atoms with Gasteiger partial charge in [-0.2, -0.15) is 0 Å². The Hall–Kier alpha value is -2.56. The second kappa shape index (κ2) is 7.45. The first-order valence-corrected chi connectivity index (χ1v) is 7.23. The fourth-order valence-corrected chi connectivity index (χ4v) is 1.94. The van der Waals surface area contributed by atoms with E-state index >= 15 is 0 Å². The molecule has 2 aromatic rings. The van der Waals surface area contributed by atoms with Gasteiger partial charge in [-0.25, -0.2) is 9.78 Å². The zero-order chi connectivity index (χ0) is 15.9. The molecule has 5 nitrogen and oxygen atoms in total. The quantitative estimate of drug-likeness (QED) is 0.831. The molecule has 0 spiro atoms. The molecule has 0 aliphatic rings. The molecule has 0 radical (unpaired) electrons. The summed E-state index contributed by atoms with van der Waals surface area (Å²) in [4.78, 5) is 17.8. The van der Waals surface area contributed by atoms with Crippen LogP contribution in [0.3, 0.4) is 0 Å². The molecule has 0 unspecified atom stereocenters. The zero-order valence-electron chi connectivity index (χ0n) is 13.2. The number of anilines is 2. The van der Waals surface area contributed by atoms with Crippen LogP contribution >= 0.6 is 0 Å². The second-order valence-corrected chi connectivity index (χ2v) is 5.07. The van der Waals surface area contributed by atoms with Crippen LogP contribution < -0.4 is 10.2 Å². The summed E-state index contributed by atoms with van der Waals surface area (Å²) in [5.41, 5.74) is 2.80. The van der Waals surface area contributed by atoms with Crippen LogP contribution in [0.15, 0.2) is 42.6 Å². The topological polar surface area (TPSA) is 54.5 Å². The minimum absolute atomic E-state index is 0.346. The number of rotatable bonds is 6. The summed E-state index contributed by atoms with van der Waals surface area (Å²) in [6.07, 6.45) is 1.52. The van der Waals surface area contributed by atoms with Gasteiger partial charge in [-0.3, -0.25) is 0 Å². The predicted molar refractivity (Wildman–Crippen MR) is 88.3 cm³/mol. The Bertz CT molecular complexity index is 607. The van der Waals surface area contributed by atoms with Gasteiger partial charge in [0, 0.05) is 32.5 Å². The number of carbonyl (C=O) groups is 1. The number of aromatic nitrogens is 1. The smallest absolute Gasteiger partial charge is 0.339 e. The van der Waals surface area contributed by atoms with E-state index < -0.39 is 0 Å². The van der Waals surface area contributed by atoms with Crippen molar-refractivity contribution in [1.29, 1.82) is 0 Å². The third-order valence-corrected chi connectivity index (χ3v) is 3.20. The van der Waals surface area contributed by atoms with Gasteiger partial charge in [0.15, 0.2) is 0 Å². The van der Waals surface area contributed by atoms with Crippen LogP contribution in [-0.2, 0) is 11.3 Å². The molecule has 0 aliphatic carbocycles. The van der Waals surface area contributed by atoms with Gasteiger partial charge >= 0.3 is 5.97 Å². The maximum atomic E-state index is 11.5. The van der Waals surface area contributed by atoms with E-state index in [2.05, 4.69) is 39.5 Å². The zero-order valence-corrected chi connectivity index (χ0v) is 13.2. The van der Waals surface area contributed by atoms with Crippen LogP contribution in [-0.4, -0.2) is 31.7 Å². The number of nitrogens with one attached hydrogen (secondary N) is 1. The van der Waals surface area contributed by atoms with Gasteiger partial charge in [0.05, 0.1) is 12.2 Å². The number of nitrogens with zero attached hydrogens (tertiary/aromatic N) is 2. The van der Waals surface area contributed by atoms with E-state index in [1.807, 2.05) is 14.1 Å². The van der Waals surface area contributed by atoms with Crippen LogP contribution in [0.2, 0.25) is 0 Å². The number of hydrogen-bond donors (Lipinski definition) is 1. The van der Waals surface area contributed by atoms with Crippen molar-refractivity contribution in [2.24, 2.45) is 0 Å². The van der Waals surface area contributed by atoms with E-state index in [1.165, 1.54) is 17.4 Å². The molecule has 116 valence electrons. The third-order valence-electron chi connectivity index (χ3n) is 3.20. The normalized spacial score (nSPS) is 10.1. The summed E-state index contributed by atoms with van der Waals surface area (Å²) in [6.45, 7) is 2.82. The minimum Gasteiger partial charge on any atom is -0.462 e. The van der Waals surface area contributed by atoms with E-state index in [0.717, 1.165) is 5.82 Å². The lowest BCUT2D eigenvalue weighted by molar-refractivity contribution is 0.0526. The van der Waals surface area contributed by atoms with Crippen molar-refractivity contribution in [2.75, 3.05) is 30.9 Å². The Morgan fingerprint density at radius 1 is 1.18 bits per heavy atom. The van der Waals surface area contributed by atoms with Crippen LogP contribution in [0, 0.1) is 0 Å². The van der Waals surface area contributed by atoms with Gasteiger partial charge in [0.1, 0.15) is 5.82 Å². The molecule has 0 saturated heterocycles. The molecule has 22 heavy (non-hydrogen) atoms. The van der Waals surface area contributed by atoms with Gasteiger partial charge < -0.3 is 15.0 Å². The summed E-state index contributed by atoms with van der Waals surface area (Å²) < 4.78 is 4.92. The lowest BCUT2D eigenvalue weighted by Gasteiger charge is -2.13. The van der Waals surface area contributed by atoms with Gasteiger partial charge in [0.25, 0.3) is 0 Å². The lowest BCUT2D eigenvalue weighted by Crippen LogP contribution is -2.09. The Morgan fingerprint density at radius 2 is 1.91 bits per heavy atom. The standard InChI is InChI=1S/C17H21N3O2/c1-4-22-17(21)14-7-10-16(19-12-14)18-11-13-5-8-15(9-6-13)20(2)3/h5-10,12H,4,11H2,1-3H3,(H,18,19). The molecule has 0 atom stereocenters. The van der Waals surface area contributed by atoms with Crippen LogP contribution in [0.1, 0.15) is 22.8 Å². The molecular formula is C17H21N3O2. The molecule has 0 bridgehead atoms. The van der Waals surface area contributed by atoms with Gasteiger partial charge in [0.2, 0.25) is 0 Å². The van der Waals surface area contributed by atoms with Crippen LogP contribution in [0.25, 0.3) is 0 Å². The molecule has 1 N–H and O–H groups in total. The van der Waals surface area contributed by atoms with E-state index in [0.29, 0.717) is 18.7 Å². The van der Waals surface area contributed by atoms with E-state index in [9.17, 15) is 4.79 Å². The number of benzene rings is 1. The molecule has 0 aliphatic heterocycles. The highest BCUT2D eigenvalue weighted by molar-refractivity contribution is 5.89. The SMILES string of the molecule is CCOC(=O)c1ccc(NCc2ccc(N(C)C)cc2)nc1. The van der Waals surface area contributed by atoms with Crippen LogP contribution in [0.4, 0.5) is 11.5 Å². The summed E-state index contributed by atoms with van der Waals surface area (Å²) in [5, 5.41) is 3.23. The molecule has 5 heteroatoms. The molecule has 1 aromatic carbocycles.